The van der Waals surface area contributed by atoms with Crippen LogP contribution in [0, 0.1) is 0 Å². The van der Waals surface area contributed by atoms with Gasteiger partial charge in [-0.2, -0.15) is 4.39 Å². The molecule has 0 saturated heterocycles. The van der Waals surface area contributed by atoms with Gasteiger partial charge >= 0.3 is 0 Å². The van der Waals surface area contributed by atoms with E-state index in [1.165, 1.54) is 38.5 Å². The second kappa shape index (κ2) is 5.95. The fourth-order valence-electron chi connectivity index (χ4n) is 3.30. The van der Waals surface area contributed by atoms with Gasteiger partial charge in [0.1, 0.15) is 0 Å². The van der Waals surface area contributed by atoms with Gasteiger partial charge in [-0.25, -0.2) is 0 Å². The molecule has 0 bridgehead atoms. The van der Waals surface area contributed by atoms with Crippen molar-refractivity contribution >= 4 is 17.5 Å². The molecular formula is C13H22FNS. The molecule has 2 aliphatic carbocycles. The molecule has 0 aliphatic heterocycles. The van der Waals surface area contributed by atoms with E-state index in [0.29, 0.717) is 12.1 Å². The summed E-state index contributed by atoms with van der Waals surface area (Å²) in [6.45, 7) is 0. The molecule has 0 unspecified atom stereocenters. The minimum Gasteiger partial charge on any atom is -0.333 e. The summed E-state index contributed by atoms with van der Waals surface area (Å²) >= 11 is 4.84. The van der Waals surface area contributed by atoms with Crippen molar-refractivity contribution < 1.29 is 4.39 Å². The van der Waals surface area contributed by atoms with Crippen LogP contribution in [-0.4, -0.2) is 22.2 Å². The van der Waals surface area contributed by atoms with Gasteiger partial charge in [0, 0.05) is 12.1 Å². The Hall–Kier alpha value is -0.180. The molecule has 0 N–H and O–H groups in total. The summed E-state index contributed by atoms with van der Waals surface area (Å²) in [5.41, 5.74) is 0. The zero-order valence-corrected chi connectivity index (χ0v) is 10.8. The third-order valence-corrected chi connectivity index (χ3v) is 4.35. The van der Waals surface area contributed by atoms with E-state index >= 15 is 0 Å². The summed E-state index contributed by atoms with van der Waals surface area (Å²) in [5.74, 6) is 0. The van der Waals surface area contributed by atoms with Crippen molar-refractivity contribution in [1.29, 1.82) is 0 Å². The number of rotatable bonds is 2. The molecule has 3 heteroatoms. The molecule has 0 aromatic heterocycles. The third kappa shape index (κ3) is 2.93. The summed E-state index contributed by atoms with van der Waals surface area (Å²) in [4.78, 5) is 1.95. The fourth-order valence-corrected chi connectivity index (χ4v) is 3.60. The average molecular weight is 243 g/mol. The van der Waals surface area contributed by atoms with Crippen LogP contribution >= 0.6 is 12.2 Å². The molecule has 2 rings (SSSR count). The normalized spacial score (nSPS) is 24.3. The minimum atomic E-state index is -0.348. The largest absolute Gasteiger partial charge is 0.333 e. The molecule has 0 heterocycles. The van der Waals surface area contributed by atoms with Gasteiger partial charge in [-0.05, 0) is 37.9 Å². The topological polar surface area (TPSA) is 3.24 Å². The molecule has 16 heavy (non-hydrogen) atoms. The molecule has 0 atom stereocenters. The lowest BCUT2D eigenvalue weighted by molar-refractivity contribution is 0.148. The van der Waals surface area contributed by atoms with Crippen molar-refractivity contribution in [2.45, 2.75) is 76.3 Å². The smallest absolute Gasteiger partial charge is 0.256 e. The number of nitrogens with zero attached hydrogens (tertiary/aromatic N) is 1. The van der Waals surface area contributed by atoms with Gasteiger partial charge in [-0.1, -0.05) is 38.5 Å². The van der Waals surface area contributed by atoms with Crippen molar-refractivity contribution in [2.75, 3.05) is 0 Å². The van der Waals surface area contributed by atoms with Crippen molar-refractivity contribution in [3.05, 3.63) is 0 Å². The average Bonchev–Trinajstić information content (AvgIpc) is 2.31. The Morgan fingerprint density at radius 2 is 1.19 bits per heavy atom. The molecule has 0 aromatic rings. The maximum absolute atomic E-state index is 13.6. The zero-order valence-electron chi connectivity index (χ0n) is 9.96. The molecule has 0 spiro atoms. The Balaban J connectivity index is 1.99. The first-order valence-electron chi connectivity index (χ1n) is 6.77. The van der Waals surface area contributed by atoms with Gasteiger partial charge < -0.3 is 4.90 Å². The van der Waals surface area contributed by atoms with Crippen molar-refractivity contribution in [1.82, 2.24) is 4.90 Å². The first kappa shape index (κ1) is 12.3. The van der Waals surface area contributed by atoms with Gasteiger partial charge in [0.2, 0.25) is 0 Å². The quantitative estimate of drug-likeness (QED) is 0.406. The van der Waals surface area contributed by atoms with E-state index in [9.17, 15) is 4.39 Å². The van der Waals surface area contributed by atoms with E-state index < -0.39 is 0 Å². The lowest BCUT2D eigenvalue weighted by Crippen LogP contribution is -2.46. The second-order valence-electron chi connectivity index (χ2n) is 5.24. The fraction of sp³-hybridized carbons (Fsp3) is 0.923. The lowest BCUT2D eigenvalue weighted by Gasteiger charge is -2.41. The summed E-state index contributed by atoms with van der Waals surface area (Å²) in [6.07, 6.45) is 12.2. The Morgan fingerprint density at radius 3 is 1.50 bits per heavy atom. The summed E-state index contributed by atoms with van der Waals surface area (Å²) in [7, 11) is 0. The number of halogens is 1. The second-order valence-corrected chi connectivity index (χ2v) is 5.58. The summed E-state index contributed by atoms with van der Waals surface area (Å²) in [5, 5.41) is -0.348. The molecule has 92 valence electrons. The zero-order chi connectivity index (χ0) is 11.4. The van der Waals surface area contributed by atoms with Gasteiger partial charge in [-0.3, -0.25) is 0 Å². The summed E-state index contributed by atoms with van der Waals surface area (Å²) in [6, 6.07) is 0.795. The van der Waals surface area contributed by atoms with Gasteiger partial charge in [0.05, 0.1) is 0 Å². The van der Waals surface area contributed by atoms with E-state index in [-0.39, 0.29) is 5.24 Å². The van der Waals surface area contributed by atoms with E-state index in [1.807, 2.05) is 4.90 Å². The molecule has 0 radical (unpaired) electrons. The van der Waals surface area contributed by atoms with E-state index in [1.54, 1.807) is 0 Å². The summed E-state index contributed by atoms with van der Waals surface area (Å²) < 4.78 is 13.6. The van der Waals surface area contributed by atoms with Crippen LogP contribution in [0.4, 0.5) is 4.39 Å². The predicted octanol–water partition coefficient (Wildman–Crippen LogP) is 4.21. The SMILES string of the molecule is FC(=S)N(C1CCCCC1)C1CCCCC1. The van der Waals surface area contributed by atoms with E-state index in [2.05, 4.69) is 0 Å². The van der Waals surface area contributed by atoms with Gasteiger partial charge in [-0.15, -0.1) is 0 Å². The van der Waals surface area contributed by atoms with Crippen LogP contribution in [0.1, 0.15) is 64.2 Å². The highest BCUT2D eigenvalue weighted by atomic mass is 32.1. The molecule has 2 aliphatic rings. The lowest BCUT2D eigenvalue weighted by atomic mass is 9.89. The van der Waals surface area contributed by atoms with Gasteiger partial charge in [0.25, 0.3) is 5.24 Å². The molecule has 1 nitrogen and oxygen atoms in total. The number of hydrogen-bond donors (Lipinski definition) is 0. The molecular weight excluding hydrogens is 221 g/mol. The van der Waals surface area contributed by atoms with Gasteiger partial charge in [0.15, 0.2) is 0 Å². The highest BCUT2D eigenvalue weighted by molar-refractivity contribution is 7.79. The van der Waals surface area contributed by atoms with Crippen molar-refractivity contribution in [3.63, 3.8) is 0 Å². The predicted molar refractivity (Wildman–Crippen MR) is 69.3 cm³/mol. The maximum Gasteiger partial charge on any atom is 0.256 e. The first-order valence-corrected chi connectivity index (χ1v) is 7.17. The van der Waals surface area contributed by atoms with Crippen LogP contribution in [0.2, 0.25) is 0 Å². The first-order chi connectivity index (χ1) is 7.79. The standard InChI is InChI=1S/C13H22FNS/c14-13(16)15(11-7-3-1-4-8-11)12-9-5-2-6-10-12/h11-12H,1-10H2. The molecule has 2 fully saturated rings. The molecule has 0 aromatic carbocycles. The maximum atomic E-state index is 13.6. The van der Waals surface area contributed by atoms with Crippen LogP contribution in [0.5, 0.6) is 0 Å². The van der Waals surface area contributed by atoms with Crippen molar-refractivity contribution in [2.24, 2.45) is 0 Å². The Bertz CT molecular complexity index is 214. The molecule has 0 amide bonds. The van der Waals surface area contributed by atoms with Crippen molar-refractivity contribution in [3.8, 4) is 0 Å². The monoisotopic (exact) mass is 243 g/mol. The Morgan fingerprint density at radius 1 is 0.812 bits per heavy atom. The Kier molecular flexibility index (Phi) is 4.56. The van der Waals surface area contributed by atoms with Crippen LogP contribution in [0.25, 0.3) is 0 Å². The highest BCUT2D eigenvalue weighted by Crippen LogP contribution is 2.30. The van der Waals surface area contributed by atoms with E-state index in [0.717, 1.165) is 25.7 Å². The third-order valence-electron chi connectivity index (χ3n) is 4.14. The number of thiocarbonyl (C=S) groups is 1. The highest BCUT2D eigenvalue weighted by Gasteiger charge is 2.30. The Labute approximate surface area is 103 Å². The minimum absolute atomic E-state index is 0.348. The number of hydrogen-bond acceptors (Lipinski definition) is 1. The van der Waals surface area contributed by atoms with Crippen LogP contribution in [-0.2, 0) is 0 Å². The molecule has 2 saturated carbocycles. The van der Waals surface area contributed by atoms with Crippen LogP contribution in [0.3, 0.4) is 0 Å². The van der Waals surface area contributed by atoms with Crippen LogP contribution in [0.15, 0.2) is 0 Å². The van der Waals surface area contributed by atoms with Crippen LogP contribution < -0.4 is 0 Å². The van der Waals surface area contributed by atoms with E-state index in [4.69, 9.17) is 12.2 Å².